The summed E-state index contributed by atoms with van der Waals surface area (Å²) >= 11 is 0. The third-order valence-electron chi connectivity index (χ3n) is 3.63. The van der Waals surface area contributed by atoms with Gasteiger partial charge in [0.2, 0.25) is 0 Å². The van der Waals surface area contributed by atoms with Crippen LogP contribution >= 0.6 is 0 Å². The van der Waals surface area contributed by atoms with Gasteiger partial charge in [0.25, 0.3) is 0 Å². The Kier molecular flexibility index (Phi) is 3.88. The molecule has 0 radical (unpaired) electrons. The van der Waals surface area contributed by atoms with Gasteiger partial charge in [0.05, 0.1) is 0 Å². The Balaban J connectivity index is 1.55. The van der Waals surface area contributed by atoms with Crippen molar-refractivity contribution < 1.29 is 9.47 Å². The molecule has 2 aromatic carbocycles. The maximum Gasteiger partial charge on any atom is 0.123 e. The highest BCUT2D eigenvalue weighted by Gasteiger charge is 2.21. The molecular weight excluding hydrogens is 250 g/mol. The Morgan fingerprint density at radius 2 is 1.75 bits per heavy atom. The highest BCUT2D eigenvalue weighted by atomic mass is 16.5. The van der Waals surface area contributed by atoms with Gasteiger partial charge in [-0.1, -0.05) is 30.3 Å². The van der Waals surface area contributed by atoms with Gasteiger partial charge >= 0.3 is 0 Å². The van der Waals surface area contributed by atoms with Crippen molar-refractivity contribution in [2.24, 2.45) is 5.73 Å². The molecule has 0 fully saturated rings. The molecule has 20 heavy (non-hydrogen) atoms. The fraction of sp³-hybridized carbons (Fsp3) is 0.294. The van der Waals surface area contributed by atoms with Crippen LogP contribution in [0.15, 0.2) is 48.5 Å². The number of para-hydroxylation sites is 1. The quantitative estimate of drug-likeness (QED) is 0.848. The van der Waals surface area contributed by atoms with Crippen LogP contribution in [0.4, 0.5) is 0 Å². The zero-order valence-corrected chi connectivity index (χ0v) is 11.4. The second kappa shape index (κ2) is 5.97. The molecule has 1 atom stereocenters. The van der Waals surface area contributed by atoms with Crippen LogP contribution in [0.2, 0.25) is 0 Å². The molecule has 1 unspecified atom stereocenters. The fourth-order valence-corrected chi connectivity index (χ4v) is 2.62. The van der Waals surface area contributed by atoms with Gasteiger partial charge in [-0.25, -0.2) is 0 Å². The van der Waals surface area contributed by atoms with Crippen LogP contribution in [0, 0.1) is 0 Å². The van der Waals surface area contributed by atoms with Crippen LogP contribution < -0.4 is 15.2 Å². The molecule has 0 heterocycles. The maximum atomic E-state index is 6.07. The van der Waals surface area contributed by atoms with Crippen molar-refractivity contribution in [3.05, 3.63) is 59.7 Å². The summed E-state index contributed by atoms with van der Waals surface area (Å²) < 4.78 is 11.5. The molecule has 2 aromatic rings. The molecule has 104 valence electrons. The summed E-state index contributed by atoms with van der Waals surface area (Å²) in [5, 5.41) is 0. The van der Waals surface area contributed by atoms with Crippen LogP contribution in [-0.4, -0.2) is 13.2 Å². The van der Waals surface area contributed by atoms with Crippen molar-refractivity contribution in [2.75, 3.05) is 13.2 Å². The standard InChI is InChI=1S/C17H19NO2/c18-16-10-9-15-14(16)7-4-8-17(15)20-12-11-19-13-5-2-1-3-6-13/h1-8,16H,9-12,18H2. The van der Waals surface area contributed by atoms with Crippen molar-refractivity contribution in [1.82, 2.24) is 0 Å². The molecule has 1 aliphatic carbocycles. The van der Waals surface area contributed by atoms with E-state index < -0.39 is 0 Å². The van der Waals surface area contributed by atoms with E-state index in [1.165, 1.54) is 11.1 Å². The van der Waals surface area contributed by atoms with Crippen molar-refractivity contribution in [3.63, 3.8) is 0 Å². The number of fused-ring (bicyclic) bond motifs is 1. The summed E-state index contributed by atoms with van der Waals surface area (Å²) in [6.45, 7) is 1.08. The Morgan fingerprint density at radius 1 is 0.950 bits per heavy atom. The lowest BCUT2D eigenvalue weighted by atomic mass is 10.1. The summed E-state index contributed by atoms with van der Waals surface area (Å²) in [4.78, 5) is 0. The Bertz CT molecular complexity index is 568. The topological polar surface area (TPSA) is 44.5 Å². The van der Waals surface area contributed by atoms with E-state index in [1.54, 1.807) is 0 Å². The molecule has 0 aromatic heterocycles. The summed E-state index contributed by atoms with van der Waals surface area (Å²) in [6, 6.07) is 16.1. The smallest absolute Gasteiger partial charge is 0.123 e. The van der Waals surface area contributed by atoms with Crippen molar-refractivity contribution >= 4 is 0 Å². The number of hydrogen-bond donors (Lipinski definition) is 1. The van der Waals surface area contributed by atoms with E-state index >= 15 is 0 Å². The molecule has 1 aliphatic rings. The highest BCUT2D eigenvalue weighted by Crippen LogP contribution is 2.35. The van der Waals surface area contributed by atoms with E-state index in [4.69, 9.17) is 15.2 Å². The minimum atomic E-state index is 0.161. The molecule has 0 spiro atoms. The predicted octanol–water partition coefficient (Wildman–Crippen LogP) is 3.09. The third-order valence-corrected chi connectivity index (χ3v) is 3.63. The monoisotopic (exact) mass is 269 g/mol. The van der Waals surface area contributed by atoms with Crippen LogP contribution in [0.5, 0.6) is 11.5 Å². The first-order valence-corrected chi connectivity index (χ1v) is 7.02. The van der Waals surface area contributed by atoms with Crippen molar-refractivity contribution in [1.29, 1.82) is 0 Å². The predicted molar refractivity (Wildman–Crippen MR) is 79.1 cm³/mol. The lowest BCUT2D eigenvalue weighted by Gasteiger charge is -2.12. The Hall–Kier alpha value is -2.00. The SMILES string of the molecule is NC1CCc2c(OCCOc3ccccc3)cccc21. The second-order valence-electron chi connectivity index (χ2n) is 4.98. The Morgan fingerprint density at radius 3 is 2.60 bits per heavy atom. The molecular formula is C17H19NO2. The van der Waals surface area contributed by atoms with E-state index in [0.717, 1.165) is 24.3 Å². The number of benzene rings is 2. The lowest BCUT2D eigenvalue weighted by Crippen LogP contribution is -2.10. The van der Waals surface area contributed by atoms with Gasteiger partial charge < -0.3 is 15.2 Å². The van der Waals surface area contributed by atoms with Gasteiger partial charge in [0.15, 0.2) is 0 Å². The molecule has 3 nitrogen and oxygen atoms in total. The highest BCUT2D eigenvalue weighted by molar-refractivity contribution is 5.44. The van der Waals surface area contributed by atoms with E-state index in [1.807, 2.05) is 42.5 Å². The molecule has 0 amide bonds. The number of hydrogen-bond acceptors (Lipinski definition) is 3. The van der Waals surface area contributed by atoms with Crippen molar-refractivity contribution in [3.8, 4) is 11.5 Å². The summed E-state index contributed by atoms with van der Waals surface area (Å²) in [6.07, 6.45) is 2.02. The molecule has 3 rings (SSSR count). The minimum Gasteiger partial charge on any atom is -0.490 e. The molecule has 0 saturated heterocycles. The van der Waals surface area contributed by atoms with Gasteiger partial charge in [-0.2, -0.15) is 0 Å². The van der Waals surface area contributed by atoms with Gasteiger partial charge in [-0.05, 0) is 42.2 Å². The largest absolute Gasteiger partial charge is 0.490 e. The van der Waals surface area contributed by atoms with E-state index in [-0.39, 0.29) is 6.04 Å². The normalized spacial score (nSPS) is 16.8. The maximum absolute atomic E-state index is 6.07. The average molecular weight is 269 g/mol. The first-order valence-electron chi connectivity index (χ1n) is 7.02. The van der Waals surface area contributed by atoms with E-state index in [9.17, 15) is 0 Å². The summed E-state index contributed by atoms with van der Waals surface area (Å²) in [5.74, 6) is 1.82. The average Bonchev–Trinajstić information content (AvgIpc) is 2.87. The number of ether oxygens (including phenoxy) is 2. The lowest BCUT2D eigenvalue weighted by molar-refractivity contribution is 0.216. The van der Waals surface area contributed by atoms with Crippen LogP contribution in [0.3, 0.4) is 0 Å². The summed E-state index contributed by atoms with van der Waals surface area (Å²) in [5.41, 5.74) is 8.56. The van der Waals surface area contributed by atoms with Crippen LogP contribution in [0.25, 0.3) is 0 Å². The van der Waals surface area contributed by atoms with Gasteiger partial charge in [0.1, 0.15) is 24.7 Å². The fourth-order valence-electron chi connectivity index (χ4n) is 2.62. The molecule has 3 heteroatoms. The van der Waals surface area contributed by atoms with Gasteiger partial charge in [-0.3, -0.25) is 0 Å². The molecule has 0 bridgehead atoms. The molecule has 0 saturated carbocycles. The molecule has 2 N–H and O–H groups in total. The number of nitrogens with two attached hydrogens (primary N) is 1. The zero-order valence-electron chi connectivity index (χ0n) is 11.4. The van der Waals surface area contributed by atoms with Gasteiger partial charge in [0, 0.05) is 6.04 Å². The number of rotatable bonds is 5. The van der Waals surface area contributed by atoms with E-state index in [0.29, 0.717) is 13.2 Å². The van der Waals surface area contributed by atoms with Crippen molar-refractivity contribution in [2.45, 2.75) is 18.9 Å². The minimum absolute atomic E-state index is 0.161. The third kappa shape index (κ3) is 2.78. The summed E-state index contributed by atoms with van der Waals surface area (Å²) in [7, 11) is 0. The Labute approximate surface area is 119 Å². The van der Waals surface area contributed by atoms with Gasteiger partial charge in [-0.15, -0.1) is 0 Å². The molecule has 0 aliphatic heterocycles. The zero-order chi connectivity index (χ0) is 13.8. The van der Waals surface area contributed by atoms with Crippen LogP contribution in [0.1, 0.15) is 23.6 Å². The first-order chi connectivity index (χ1) is 9.84. The van der Waals surface area contributed by atoms with Crippen LogP contribution in [-0.2, 0) is 6.42 Å². The van der Waals surface area contributed by atoms with E-state index in [2.05, 4.69) is 6.07 Å². The second-order valence-corrected chi connectivity index (χ2v) is 4.98. The first kappa shape index (κ1) is 13.0.